The summed E-state index contributed by atoms with van der Waals surface area (Å²) in [6.45, 7) is 4.10. The number of carbonyl (C=O) groups is 3. The molecule has 0 aliphatic carbocycles. The van der Waals surface area contributed by atoms with Crippen LogP contribution in [0.15, 0.2) is 48.5 Å². The van der Waals surface area contributed by atoms with Crippen molar-refractivity contribution in [3.8, 4) is 0 Å². The van der Waals surface area contributed by atoms with Gasteiger partial charge in [-0.3, -0.25) is 14.4 Å². The average molecular weight is 351 g/mol. The predicted octanol–water partition coefficient (Wildman–Crippen LogP) is 2.16. The Hall–Kier alpha value is -3.15. The molecule has 1 fully saturated rings. The number of carbonyl (C=O) groups excluding carboxylic acids is 3. The summed E-state index contributed by atoms with van der Waals surface area (Å²) in [6, 6.07) is 14.2. The summed E-state index contributed by atoms with van der Waals surface area (Å²) in [7, 11) is 0. The lowest BCUT2D eigenvalue weighted by Gasteiger charge is -2.32. The first-order chi connectivity index (χ1) is 12.6. The van der Waals surface area contributed by atoms with Crippen molar-refractivity contribution in [2.24, 2.45) is 0 Å². The third-order valence-corrected chi connectivity index (χ3v) is 4.42. The highest BCUT2D eigenvalue weighted by atomic mass is 16.2. The van der Waals surface area contributed by atoms with Gasteiger partial charge in [-0.2, -0.15) is 0 Å². The molecule has 6 nitrogen and oxygen atoms in total. The smallest absolute Gasteiger partial charge is 0.255 e. The van der Waals surface area contributed by atoms with Gasteiger partial charge in [-0.1, -0.05) is 12.1 Å². The zero-order valence-corrected chi connectivity index (χ0v) is 14.6. The van der Waals surface area contributed by atoms with E-state index in [-0.39, 0.29) is 11.8 Å². The van der Waals surface area contributed by atoms with E-state index in [4.69, 9.17) is 0 Å². The van der Waals surface area contributed by atoms with Crippen LogP contribution < -0.4 is 5.32 Å². The second-order valence-corrected chi connectivity index (χ2v) is 6.33. The van der Waals surface area contributed by atoms with Crippen LogP contribution in [0.4, 0.5) is 5.69 Å². The Balaban J connectivity index is 1.63. The van der Waals surface area contributed by atoms with Crippen LogP contribution in [0.1, 0.15) is 26.3 Å². The van der Waals surface area contributed by atoms with Gasteiger partial charge < -0.3 is 15.1 Å². The van der Waals surface area contributed by atoms with E-state index in [0.717, 1.165) is 17.7 Å². The number of amides is 3. The molecular weight excluding hydrogens is 330 g/mol. The zero-order valence-electron chi connectivity index (χ0n) is 14.6. The molecule has 1 saturated heterocycles. The third-order valence-electron chi connectivity index (χ3n) is 4.42. The van der Waals surface area contributed by atoms with Gasteiger partial charge in [0.15, 0.2) is 0 Å². The molecule has 134 valence electrons. The molecule has 2 aromatic rings. The maximum Gasteiger partial charge on any atom is 0.255 e. The number of hydrogen-bond acceptors (Lipinski definition) is 3. The average Bonchev–Trinajstić information content (AvgIpc) is 2.67. The van der Waals surface area contributed by atoms with Crippen LogP contribution in [-0.2, 0) is 4.79 Å². The predicted molar refractivity (Wildman–Crippen MR) is 99.1 cm³/mol. The van der Waals surface area contributed by atoms with Crippen LogP contribution in [0.3, 0.4) is 0 Å². The van der Waals surface area contributed by atoms with Crippen LogP contribution in [0, 0.1) is 6.92 Å². The molecule has 26 heavy (non-hydrogen) atoms. The topological polar surface area (TPSA) is 69.7 Å². The van der Waals surface area contributed by atoms with Crippen LogP contribution in [0.2, 0.25) is 0 Å². The molecule has 1 aliphatic heterocycles. The largest absolute Gasteiger partial charge is 0.342 e. The Morgan fingerprint density at radius 3 is 2.23 bits per heavy atom. The Labute approximate surface area is 152 Å². The van der Waals surface area contributed by atoms with E-state index in [0.29, 0.717) is 37.3 Å². The van der Waals surface area contributed by atoms with Crippen molar-refractivity contribution in [1.29, 1.82) is 0 Å². The van der Waals surface area contributed by atoms with Crippen LogP contribution >= 0.6 is 0 Å². The number of anilines is 1. The highest BCUT2D eigenvalue weighted by Crippen LogP contribution is 2.14. The summed E-state index contributed by atoms with van der Waals surface area (Å²) in [5.74, 6) is -0.296. The molecule has 1 aliphatic rings. The molecule has 1 heterocycles. The summed E-state index contributed by atoms with van der Waals surface area (Å²) in [5.41, 5.74) is 2.84. The first-order valence-electron chi connectivity index (χ1n) is 8.53. The molecule has 0 atom stereocenters. The zero-order chi connectivity index (χ0) is 18.5. The molecule has 2 aromatic carbocycles. The van der Waals surface area contributed by atoms with Crippen molar-refractivity contribution in [2.45, 2.75) is 6.92 Å². The number of piperazine rings is 1. The van der Waals surface area contributed by atoms with Crippen molar-refractivity contribution in [1.82, 2.24) is 9.80 Å². The minimum Gasteiger partial charge on any atom is -0.342 e. The van der Waals surface area contributed by atoms with Crippen molar-refractivity contribution in [3.63, 3.8) is 0 Å². The summed E-state index contributed by atoms with van der Waals surface area (Å²) in [5, 5.41) is 2.85. The number of nitrogens with zero attached hydrogens (tertiary/aromatic N) is 2. The summed E-state index contributed by atoms with van der Waals surface area (Å²) < 4.78 is 0. The van der Waals surface area contributed by atoms with Gasteiger partial charge in [0, 0.05) is 43.0 Å². The van der Waals surface area contributed by atoms with E-state index in [1.54, 1.807) is 34.1 Å². The third kappa shape index (κ3) is 4.08. The molecule has 1 N–H and O–H groups in total. The second kappa shape index (κ2) is 7.82. The fraction of sp³-hybridized carbons (Fsp3) is 0.250. The van der Waals surface area contributed by atoms with Crippen molar-refractivity contribution in [3.05, 3.63) is 65.2 Å². The lowest BCUT2D eigenvalue weighted by Crippen LogP contribution is -2.48. The molecule has 0 saturated carbocycles. The van der Waals surface area contributed by atoms with Gasteiger partial charge in [0.05, 0.1) is 0 Å². The number of rotatable bonds is 4. The van der Waals surface area contributed by atoms with Gasteiger partial charge in [-0.05, 0) is 48.9 Å². The highest BCUT2D eigenvalue weighted by molar-refractivity contribution is 6.05. The first kappa shape index (κ1) is 17.7. The Morgan fingerprint density at radius 2 is 1.62 bits per heavy atom. The van der Waals surface area contributed by atoms with E-state index in [9.17, 15) is 14.4 Å². The molecule has 3 amide bonds. The quantitative estimate of drug-likeness (QED) is 0.858. The number of hydrogen-bond donors (Lipinski definition) is 1. The fourth-order valence-corrected chi connectivity index (χ4v) is 2.90. The van der Waals surface area contributed by atoms with Crippen LogP contribution in [-0.4, -0.2) is 54.2 Å². The summed E-state index contributed by atoms with van der Waals surface area (Å²) >= 11 is 0. The van der Waals surface area contributed by atoms with Gasteiger partial charge in [-0.15, -0.1) is 0 Å². The maximum absolute atomic E-state index is 12.5. The molecular formula is C20H21N3O3. The minimum absolute atomic E-state index is 0.0822. The number of benzene rings is 2. The van der Waals surface area contributed by atoms with Crippen molar-refractivity contribution in [2.75, 3.05) is 31.5 Å². The first-order valence-corrected chi connectivity index (χ1v) is 8.53. The van der Waals surface area contributed by atoms with E-state index >= 15 is 0 Å². The minimum atomic E-state index is -0.214. The Bertz CT molecular complexity index is 809. The lowest BCUT2D eigenvalue weighted by atomic mass is 10.1. The standard InChI is InChI=1S/C20H21N3O3/c1-15-3-2-4-18(13-15)21-19(25)16-5-7-17(8-6-16)20(26)23-11-9-22(14-24)10-12-23/h2-8,13-14H,9-12H2,1H3,(H,21,25). The van der Waals surface area contributed by atoms with Gasteiger partial charge in [0.2, 0.25) is 6.41 Å². The molecule has 6 heteroatoms. The van der Waals surface area contributed by atoms with Crippen LogP contribution in [0.25, 0.3) is 0 Å². The fourth-order valence-electron chi connectivity index (χ4n) is 2.90. The highest BCUT2D eigenvalue weighted by Gasteiger charge is 2.21. The maximum atomic E-state index is 12.5. The molecule has 0 radical (unpaired) electrons. The van der Waals surface area contributed by atoms with Gasteiger partial charge in [0.25, 0.3) is 11.8 Å². The molecule has 0 unspecified atom stereocenters. The number of aryl methyl sites for hydroxylation is 1. The normalized spacial score (nSPS) is 14.0. The van der Waals surface area contributed by atoms with Gasteiger partial charge in [-0.25, -0.2) is 0 Å². The SMILES string of the molecule is Cc1cccc(NC(=O)c2ccc(C(=O)N3CCN(C=O)CC3)cc2)c1. The molecule has 0 aromatic heterocycles. The van der Waals surface area contributed by atoms with E-state index < -0.39 is 0 Å². The van der Waals surface area contributed by atoms with Crippen molar-refractivity contribution >= 4 is 23.9 Å². The van der Waals surface area contributed by atoms with Crippen LogP contribution in [0.5, 0.6) is 0 Å². The van der Waals surface area contributed by atoms with Gasteiger partial charge >= 0.3 is 0 Å². The summed E-state index contributed by atoms with van der Waals surface area (Å²) in [4.78, 5) is 39.0. The van der Waals surface area contributed by atoms with Crippen molar-refractivity contribution < 1.29 is 14.4 Å². The lowest BCUT2D eigenvalue weighted by molar-refractivity contribution is -0.119. The molecule has 0 bridgehead atoms. The number of nitrogens with one attached hydrogen (secondary N) is 1. The Morgan fingerprint density at radius 1 is 0.962 bits per heavy atom. The second-order valence-electron chi connectivity index (χ2n) is 6.33. The molecule has 0 spiro atoms. The van der Waals surface area contributed by atoms with E-state index in [1.165, 1.54) is 0 Å². The Kier molecular flexibility index (Phi) is 5.31. The summed E-state index contributed by atoms with van der Waals surface area (Å²) in [6.07, 6.45) is 0.809. The van der Waals surface area contributed by atoms with E-state index in [1.807, 2.05) is 31.2 Å². The molecule has 3 rings (SSSR count). The van der Waals surface area contributed by atoms with Gasteiger partial charge in [0.1, 0.15) is 0 Å². The van der Waals surface area contributed by atoms with E-state index in [2.05, 4.69) is 5.32 Å². The monoisotopic (exact) mass is 351 g/mol.